The first-order valence-electron chi connectivity index (χ1n) is 10.7. The van der Waals surface area contributed by atoms with Crippen molar-refractivity contribution in [3.63, 3.8) is 0 Å². The Bertz CT molecular complexity index is 1230. The molecule has 0 saturated carbocycles. The van der Waals surface area contributed by atoms with E-state index in [4.69, 9.17) is 9.84 Å². The van der Waals surface area contributed by atoms with E-state index in [1.807, 2.05) is 31.2 Å². The van der Waals surface area contributed by atoms with Crippen molar-refractivity contribution in [3.8, 4) is 11.5 Å². The Morgan fingerprint density at radius 1 is 1.03 bits per heavy atom. The van der Waals surface area contributed by atoms with E-state index in [0.29, 0.717) is 6.41 Å². The lowest BCUT2D eigenvalue weighted by Gasteiger charge is -2.23. The van der Waals surface area contributed by atoms with Crippen LogP contribution >= 0.6 is 0 Å². The Balaban J connectivity index is 1.78. The molecule has 0 spiro atoms. The molecule has 0 aliphatic rings. The first kappa shape index (κ1) is 25.1. The second-order valence-electron chi connectivity index (χ2n) is 7.58. The van der Waals surface area contributed by atoms with Gasteiger partial charge in [0.25, 0.3) is 0 Å². The number of nitrogens with zero attached hydrogens (tertiary/aromatic N) is 3. The van der Waals surface area contributed by atoms with Gasteiger partial charge < -0.3 is 9.84 Å². The molecule has 0 radical (unpaired) electrons. The molecule has 3 amide bonds. The summed E-state index contributed by atoms with van der Waals surface area (Å²) in [5.41, 5.74) is 2.22. The minimum Gasteiger partial charge on any atom is -0.478 e. The van der Waals surface area contributed by atoms with Gasteiger partial charge in [0.15, 0.2) is 11.6 Å². The molecule has 0 unspecified atom stereocenters. The minimum absolute atomic E-state index is 0.0716. The number of carbonyl (C=O) groups is 3. The maximum absolute atomic E-state index is 14.6. The molecule has 8 nitrogen and oxygen atoms in total. The number of carbonyl (C=O) groups excluding carboxylic acids is 2. The first-order valence-corrected chi connectivity index (χ1v) is 10.7. The smallest absolute Gasteiger partial charge is 0.335 e. The predicted molar refractivity (Wildman–Crippen MR) is 129 cm³/mol. The summed E-state index contributed by atoms with van der Waals surface area (Å²) in [6, 6.07) is 16.6. The van der Waals surface area contributed by atoms with Crippen LogP contribution in [0.25, 0.3) is 0 Å². The SMILES string of the molecule is CCN(C=O)C(=O)N(C=Nc1ccc(Oc2ccc(C(=O)O)cc2)c(F)c1)Cc1ccc(C)cc1. The number of hydrogen-bond donors (Lipinski definition) is 1. The third kappa shape index (κ3) is 6.73. The van der Waals surface area contributed by atoms with E-state index < -0.39 is 17.8 Å². The number of halogens is 1. The van der Waals surface area contributed by atoms with Crippen molar-refractivity contribution < 1.29 is 28.6 Å². The number of aryl methyl sites for hydroxylation is 1. The Morgan fingerprint density at radius 2 is 1.71 bits per heavy atom. The maximum atomic E-state index is 14.6. The Morgan fingerprint density at radius 3 is 2.29 bits per heavy atom. The molecular formula is C26H24FN3O5. The number of carboxylic acid groups (broad SMARTS) is 1. The van der Waals surface area contributed by atoms with Crippen LogP contribution in [0, 0.1) is 12.7 Å². The molecule has 35 heavy (non-hydrogen) atoms. The Labute approximate surface area is 201 Å². The largest absolute Gasteiger partial charge is 0.478 e. The van der Waals surface area contributed by atoms with Crippen LogP contribution in [0.3, 0.4) is 0 Å². The van der Waals surface area contributed by atoms with E-state index in [9.17, 15) is 18.8 Å². The van der Waals surface area contributed by atoms with Crippen LogP contribution < -0.4 is 4.74 Å². The molecule has 0 fully saturated rings. The summed E-state index contributed by atoms with van der Waals surface area (Å²) in [4.78, 5) is 41.5. The van der Waals surface area contributed by atoms with E-state index in [1.165, 1.54) is 47.6 Å². The fraction of sp³-hybridized carbons (Fsp3) is 0.154. The molecule has 0 bridgehead atoms. The summed E-state index contributed by atoms with van der Waals surface area (Å²) in [7, 11) is 0. The van der Waals surface area contributed by atoms with Crippen LogP contribution in [0.15, 0.2) is 71.7 Å². The number of aromatic carboxylic acids is 1. The number of imide groups is 1. The van der Waals surface area contributed by atoms with E-state index in [0.717, 1.165) is 22.1 Å². The van der Waals surface area contributed by atoms with Gasteiger partial charge in [-0.1, -0.05) is 29.8 Å². The number of amides is 3. The Hall–Kier alpha value is -4.53. The molecule has 0 saturated heterocycles. The third-order valence-corrected chi connectivity index (χ3v) is 5.02. The van der Waals surface area contributed by atoms with Crippen molar-refractivity contribution in [1.82, 2.24) is 9.80 Å². The average Bonchev–Trinajstić information content (AvgIpc) is 2.85. The lowest BCUT2D eigenvalue weighted by Crippen LogP contribution is -2.41. The topological polar surface area (TPSA) is 99.5 Å². The van der Waals surface area contributed by atoms with Gasteiger partial charge in [-0.15, -0.1) is 0 Å². The third-order valence-electron chi connectivity index (χ3n) is 5.02. The van der Waals surface area contributed by atoms with Gasteiger partial charge in [-0.3, -0.25) is 14.6 Å². The van der Waals surface area contributed by atoms with Gasteiger partial charge in [-0.05, 0) is 55.8 Å². The molecule has 0 heterocycles. The van der Waals surface area contributed by atoms with Crippen LogP contribution in [-0.2, 0) is 11.3 Å². The molecular weight excluding hydrogens is 453 g/mol. The molecule has 0 aliphatic carbocycles. The highest BCUT2D eigenvalue weighted by Crippen LogP contribution is 2.28. The summed E-state index contributed by atoms with van der Waals surface area (Å²) in [5, 5.41) is 8.96. The zero-order valence-electron chi connectivity index (χ0n) is 19.2. The minimum atomic E-state index is -1.07. The first-order chi connectivity index (χ1) is 16.8. The summed E-state index contributed by atoms with van der Waals surface area (Å²) in [6.07, 6.45) is 1.71. The van der Waals surface area contributed by atoms with Gasteiger partial charge in [-0.25, -0.2) is 19.0 Å². The number of carboxylic acids is 1. The van der Waals surface area contributed by atoms with Crippen LogP contribution in [-0.4, -0.2) is 46.2 Å². The Kier molecular flexibility index (Phi) is 8.29. The molecule has 180 valence electrons. The maximum Gasteiger partial charge on any atom is 0.335 e. The molecule has 0 atom stereocenters. The molecule has 3 rings (SSSR count). The van der Waals surface area contributed by atoms with Gasteiger partial charge >= 0.3 is 12.0 Å². The van der Waals surface area contributed by atoms with Crippen molar-refractivity contribution in [2.24, 2.45) is 4.99 Å². The van der Waals surface area contributed by atoms with Crippen molar-refractivity contribution in [2.45, 2.75) is 20.4 Å². The standard InChI is InChI=1S/C26H24FN3O5/c1-3-29(17-31)26(34)30(15-19-6-4-18(2)5-7-19)16-28-21-10-13-24(23(27)14-21)35-22-11-8-20(9-12-22)25(32)33/h4-14,16-17H,3,15H2,1-2H3,(H,32,33). The van der Waals surface area contributed by atoms with Crippen LogP contribution in [0.5, 0.6) is 11.5 Å². The summed E-state index contributed by atoms with van der Waals surface area (Å²) >= 11 is 0. The van der Waals surface area contributed by atoms with Crippen molar-refractivity contribution in [3.05, 3.63) is 89.2 Å². The van der Waals surface area contributed by atoms with E-state index in [-0.39, 0.29) is 35.8 Å². The molecule has 3 aromatic rings. The number of ether oxygens (including phenoxy) is 1. The zero-order chi connectivity index (χ0) is 25.4. The fourth-order valence-corrected chi connectivity index (χ4v) is 3.05. The molecule has 1 N–H and O–H groups in total. The average molecular weight is 477 g/mol. The number of rotatable bonds is 9. The number of hydrogen-bond acceptors (Lipinski definition) is 5. The van der Waals surface area contributed by atoms with Crippen molar-refractivity contribution in [2.75, 3.05) is 6.54 Å². The zero-order valence-corrected chi connectivity index (χ0v) is 19.2. The number of aliphatic imine (C=N–C) groups is 1. The van der Waals surface area contributed by atoms with Gasteiger partial charge in [-0.2, -0.15) is 0 Å². The highest BCUT2D eigenvalue weighted by atomic mass is 19.1. The molecule has 0 aromatic heterocycles. The van der Waals surface area contributed by atoms with Gasteiger partial charge in [0.1, 0.15) is 5.75 Å². The van der Waals surface area contributed by atoms with Crippen molar-refractivity contribution >= 4 is 30.4 Å². The van der Waals surface area contributed by atoms with E-state index >= 15 is 0 Å². The molecule has 0 aliphatic heterocycles. The van der Waals surface area contributed by atoms with Crippen LogP contribution in [0.2, 0.25) is 0 Å². The predicted octanol–water partition coefficient (Wildman–Crippen LogP) is 5.38. The van der Waals surface area contributed by atoms with Crippen molar-refractivity contribution in [1.29, 1.82) is 0 Å². The summed E-state index contributed by atoms with van der Waals surface area (Å²) in [6.45, 7) is 3.99. The second-order valence-corrected chi connectivity index (χ2v) is 7.58. The fourth-order valence-electron chi connectivity index (χ4n) is 3.05. The van der Waals surface area contributed by atoms with Gasteiger partial charge in [0.2, 0.25) is 6.41 Å². The number of urea groups is 1. The van der Waals surface area contributed by atoms with Crippen LogP contribution in [0.1, 0.15) is 28.4 Å². The van der Waals surface area contributed by atoms with Gasteiger partial charge in [0, 0.05) is 12.6 Å². The highest BCUT2D eigenvalue weighted by molar-refractivity contribution is 5.93. The summed E-state index contributed by atoms with van der Waals surface area (Å²) < 4.78 is 20.1. The van der Waals surface area contributed by atoms with E-state index in [2.05, 4.69) is 4.99 Å². The molecule has 9 heteroatoms. The number of benzene rings is 3. The second kappa shape index (κ2) is 11.6. The quantitative estimate of drug-likeness (QED) is 0.253. The van der Waals surface area contributed by atoms with E-state index in [1.54, 1.807) is 6.92 Å². The highest BCUT2D eigenvalue weighted by Gasteiger charge is 2.18. The lowest BCUT2D eigenvalue weighted by molar-refractivity contribution is -0.115. The summed E-state index contributed by atoms with van der Waals surface area (Å²) in [5.74, 6) is -1.57. The monoisotopic (exact) mass is 477 g/mol. The lowest BCUT2D eigenvalue weighted by atomic mass is 10.1. The van der Waals surface area contributed by atoms with Gasteiger partial charge in [0.05, 0.1) is 24.1 Å². The van der Waals surface area contributed by atoms with Crippen LogP contribution in [0.4, 0.5) is 14.9 Å². The normalized spacial score (nSPS) is 10.7. The molecule has 3 aromatic carbocycles.